The molecule has 0 radical (unpaired) electrons. The summed E-state index contributed by atoms with van der Waals surface area (Å²) in [5.74, 6) is 0.638. The number of hydrogen-bond acceptors (Lipinski definition) is 5. The predicted molar refractivity (Wildman–Crippen MR) is 72.3 cm³/mol. The number of rotatable bonds is 2. The monoisotopic (exact) mass is 270 g/mol. The lowest BCUT2D eigenvalue weighted by Gasteiger charge is -2.06. The van der Waals surface area contributed by atoms with E-state index in [1.807, 2.05) is 0 Å². The van der Waals surface area contributed by atoms with Gasteiger partial charge in [0.1, 0.15) is 5.75 Å². The lowest BCUT2D eigenvalue weighted by molar-refractivity contribution is 0.414. The van der Waals surface area contributed by atoms with Crippen LogP contribution in [-0.2, 0) is 0 Å². The second-order valence-electron chi connectivity index (χ2n) is 4.02. The van der Waals surface area contributed by atoms with Gasteiger partial charge in [0.25, 0.3) is 5.56 Å². The lowest BCUT2D eigenvalue weighted by atomic mass is 10.3. The zero-order valence-corrected chi connectivity index (χ0v) is 10.5. The summed E-state index contributed by atoms with van der Waals surface area (Å²) in [7, 11) is 1.54. The van der Waals surface area contributed by atoms with Crippen molar-refractivity contribution in [3.05, 3.63) is 57.5 Å². The van der Waals surface area contributed by atoms with E-state index in [2.05, 4.69) is 15.0 Å². The molecule has 0 unspecified atom stereocenters. The summed E-state index contributed by atoms with van der Waals surface area (Å²) in [4.78, 5) is 34.7. The molecule has 2 heterocycles. The van der Waals surface area contributed by atoms with Crippen LogP contribution in [0.3, 0.4) is 0 Å². The van der Waals surface area contributed by atoms with Crippen molar-refractivity contribution in [2.24, 2.45) is 0 Å². The lowest BCUT2D eigenvalue weighted by Crippen LogP contribution is -2.34. The Labute approximate surface area is 112 Å². The molecule has 1 aromatic carbocycles. The van der Waals surface area contributed by atoms with Crippen molar-refractivity contribution in [1.29, 1.82) is 0 Å². The highest BCUT2D eigenvalue weighted by Crippen LogP contribution is 2.12. The van der Waals surface area contributed by atoms with Gasteiger partial charge in [0.05, 0.1) is 12.8 Å². The van der Waals surface area contributed by atoms with E-state index in [0.717, 1.165) is 4.57 Å². The Bertz CT molecular complexity index is 880. The molecule has 0 spiro atoms. The van der Waals surface area contributed by atoms with Crippen LogP contribution < -0.4 is 16.0 Å². The van der Waals surface area contributed by atoms with Crippen molar-refractivity contribution in [2.75, 3.05) is 7.11 Å². The molecule has 3 rings (SSSR count). The molecule has 100 valence electrons. The van der Waals surface area contributed by atoms with Gasteiger partial charge in [0, 0.05) is 12.4 Å². The summed E-state index contributed by atoms with van der Waals surface area (Å²) in [6.07, 6.45) is 2.82. The van der Waals surface area contributed by atoms with E-state index in [1.54, 1.807) is 31.4 Å². The van der Waals surface area contributed by atoms with E-state index in [1.165, 1.54) is 12.4 Å². The van der Waals surface area contributed by atoms with E-state index in [4.69, 9.17) is 4.74 Å². The summed E-state index contributed by atoms with van der Waals surface area (Å²) in [6, 6.07) is 6.58. The van der Waals surface area contributed by atoms with Gasteiger partial charge >= 0.3 is 5.69 Å². The van der Waals surface area contributed by atoms with E-state index in [0.29, 0.717) is 11.4 Å². The largest absolute Gasteiger partial charge is 0.497 e. The van der Waals surface area contributed by atoms with Gasteiger partial charge < -0.3 is 4.74 Å². The second kappa shape index (κ2) is 4.61. The molecule has 0 aliphatic carbocycles. The van der Waals surface area contributed by atoms with Crippen LogP contribution in [0, 0.1) is 0 Å². The summed E-state index contributed by atoms with van der Waals surface area (Å²) < 4.78 is 6.05. The van der Waals surface area contributed by atoms with Crippen LogP contribution >= 0.6 is 0 Å². The van der Waals surface area contributed by atoms with Crippen molar-refractivity contribution >= 4 is 11.2 Å². The molecule has 7 nitrogen and oxygen atoms in total. The number of hydrogen-bond donors (Lipinski definition) is 1. The normalized spacial score (nSPS) is 10.7. The zero-order chi connectivity index (χ0) is 14.1. The summed E-state index contributed by atoms with van der Waals surface area (Å²) in [5, 5.41) is 0. The van der Waals surface area contributed by atoms with Gasteiger partial charge in [-0.3, -0.25) is 9.78 Å². The first kappa shape index (κ1) is 12.1. The zero-order valence-electron chi connectivity index (χ0n) is 10.5. The fraction of sp³-hybridized carbons (Fsp3) is 0.0769. The van der Waals surface area contributed by atoms with E-state index in [-0.39, 0.29) is 11.2 Å². The SMILES string of the molecule is COc1ccc(-n2c(=O)[nH]c3nccnc3c2=O)cc1. The Hall–Kier alpha value is -2.96. The Morgan fingerprint density at radius 1 is 1.10 bits per heavy atom. The number of aromatic nitrogens is 4. The van der Waals surface area contributed by atoms with Crippen LogP contribution in [0.2, 0.25) is 0 Å². The van der Waals surface area contributed by atoms with Crippen LogP contribution in [0.1, 0.15) is 0 Å². The first-order chi connectivity index (χ1) is 9.70. The number of nitrogens with one attached hydrogen (secondary N) is 1. The number of fused-ring (bicyclic) bond motifs is 1. The molecular weight excluding hydrogens is 260 g/mol. The topological polar surface area (TPSA) is 89.9 Å². The van der Waals surface area contributed by atoms with Crippen molar-refractivity contribution in [1.82, 2.24) is 19.5 Å². The smallest absolute Gasteiger partial charge is 0.334 e. The Morgan fingerprint density at radius 2 is 1.80 bits per heavy atom. The molecule has 7 heteroatoms. The van der Waals surface area contributed by atoms with Crippen LogP contribution in [0.5, 0.6) is 5.75 Å². The maximum atomic E-state index is 12.3. The summed E-state index contributed by atoms with van der Waals surface area (Å²) in [5.41, 5.74) is -0.352. The van der Waals surface area contributed by atoms with Crippen LogP contribution in [0.25, 0.3) is 16.9 Å². The molecule has 0 saturated heterocycles. The molecule has 0 saturated carbocycles. The van der Waals surface area contributed by atoms with Crippen molar-refractivity contribution in [2.45, 2.75) is 0 Å². The maximum Gasteiger partial charge on any atom is 0.334 e. The molecule has 20 heavy (non-hydrogen) atoms. The number of nitrogens with zero attached hydrogens (tertiary/aromatic N) is 3. The predicted octanol–water partition coefficient (Wildman–Crippen LogP) is 0.478. The van der Waals surface area contributed by atoms with Crippen molar-refractivity contribution < 1.29 is 4.74 Å². The minimum Gasteiger partial charge on any atom is -0.497 e. The highest BCUT2D eigenvalue weighted by atomic mass is 16.5. The molecule has 3 aromatic rings. The first-order valence-corrected chi connectivity index (χ1v) is 5.81. The van der Waals surface area contributed by atoms with Crippen LogP contribution in [-0.4, -0.2) is 26.6 Å². The molecule has 0 aliphatic rings. The third-order valence-electron chi connectivity index (χ3n) is 2.86. The Balaban J connectivity index is 2.30. The molecule has 0 atom stereocenters. The summed E-state index contributed by atoms with van der Waals surface area (Å²) in [6.45, 7) is 0. The van der Waals surface area contributed by atoms with Gasteiger partial charge in [-0.2, -0.15) is 0 Å². The van der Waals surface area contributed by atoms with Crippen molar-refractivity contribution in [3.8, 4) is 11.4 Å². The number of benzene rings is 1. The van der Waals surface area contributed by atoms with Gasteiger partial charge in [-0.05, 0) is 24.3 Å². The average molecular weight is 270 g/mol. The second-order valence-corrected chi connectivity index (χ2v) is 4.02. The molecular formula is C13H10N4O3. The molecule has 0 amide bonds. The molecule has 1 N–H and O–H groups in total. The van der Waals surface area contributed by atoms with Gasteiger partial charge in [-0.15, -0.1) is 0 Å². The fourth-order valence-corrected chi connectivity index (χ4v) is 1.91. The van der Waals surface area contributed by atoms with E-state index in [9.17, 15) is 9.59 Å². The molecule has 0 bridgehead atoms. The average Bonchev–Trinajstić information content (AvgIpc) is 2.48. The third kappa shape index (κ3) is 1.85. The van der Waals surface area contributed by atoms with Gasteiger partial charge in [-0.25, -0.2) is 19.3 Å². The summed E-state index contributed by atoms with van der Waals surface area (Å²) >= 11 is 0. The van der Waals surface area contributed by atoms with Gasteiger partial charge in [0.2, 0.25) is 0 Å². The standard InChI is InChI=1S/C13H10N4O3/c1-20-9-4-2-8(3-5-9)17-12(18)10-11(16-13(17)19)15-7-6-14-10/h2-7H,1H3,(H,15,16,19). The highest BCUT2D eigenvalue weighted by Gasteiger charge is 2.10. The minimum absolute atomic E-state index is 0.114. The van der Waals surface area contributed by atoms with Crippen molar-refractivity contribution in [3.63, 3.8) is 0 Å². The van der Waals surface area contributed by atoms with Crippen LogP contribution in [0.4, 0.5) is 0 Å². The Morgan fingerprint density at radius 3 is 2.50 bits per heavy atom. The van der Waals surface area contributed by atoms with Gasteiger partial charge in [-0.1, -0.05) is 0 Å². The molecule has 0 fully saturated rings. The van der Waals surface area contributed by atoms with Gasteiger partial charge in [0.15, 0.2) is 11.2 Å². The third-order valence-corrected chi connectivity index (χ3v) is 2.86. The quantitative estimate of drug-likeness (QED) is 0.731. The number of methoxy groups -OCH3 is 1. The number of ether oxygens (including phenoxy) is 1. The fourth-order valence-electron chi connectivity index (χ4n) is 1.91. The number of aromatic amines is 1. The molecule has 2 aromatic heterocycles. The van der Waals surface area contributed by atoms with E-state index < -0.39 is 11.2 Å². The van der Waals surface area contributed by atoms with Crippen LogP contribution in [0.15, 0.2) is 46.2 Å². The maximum absolute atomic E-state index is 12.3. The highest BCUT2D eigenvalue weighted by molar-refractivity contribution is 5.67. The number of H-pyrrole nitrogens is 1. The minimum atomic E-state index is -0.562. The Kier molecular flexibility index (Phi) is 2.79. The molecule has 0 aliphatic heterocycles. The van der Waals surface area contributed by atoms with E-state index >= 15 is 0 Å². The first-order valence-electron chi connectivity index (χ1n) is 5.81.